The maximum Gasteiger partial charge on any atom is 0.281 e. The van der Waals surface area contributed by atoms with Crippen LogP contribution in [0.4, 0.5) is 4.39 Å². The number of hydrogen-bond acceptors (Lipinski definition) is 2. The molecule has 3 aromatic rings. The van der Waals surface area contributed by atoms with Gasteiger partial charge in [-0.3, -0.25) is 4.79 Å². The highest BCUT2D eigenvalue weighted by atomic mass is 79.9. The summed E-state index contributed by atoms with van der Waals surface area (Å²) in [7, 11) is 0. The van der Waals surface area contributed by atoms with E-state index < -0.39 is 11.7 Å². The van der Waals surface area contributed by atoms with Crippen molar-refractivity contribution < 1.29 is 9.18 Å². The number of carbonyl (C=O) groups is 1. The fourth-order valence-electron chi connectivity index (χ4n) is 2.25. The van der Waals surface area contributed by atoms with E-state index in [9.17, 15) is 9.18 Å². The third-order valence-electron chi connectivity index (χ3n) is 3.32. The van der Waals surface area contributed by atoms with Crippen LogP contribution in [0, 0.1) is 5.82 Å². The lowest BCUT2D eigenvalue weighted by Crippen LogP contribution is -2.16. The molecule has 0 spiro atoms. The average molecular weight is 426 g/mol. The first kappa shape index (κ1) is 17.1. The maximum absolute atomic E-state index is 13.1. The number of halogens is 3. The number of allylic oxidation sites excluding steroid dienone is 1. The predicted molar refractivity (Wildman–Crippen MR) is 99.0 cm³/mol. The first-order valence-corrected chi connectivity index (χ1v) is 8.92. The quantitative estimate of drug-likeness (QED) is 0.532. The van der Waals surface area contributed by atoms with E-state index in [1.54, 1.807) is 6.08 Å². The third-order valence-corrected chi connectivity index (χ3v) is 5.16. The predicted octanol–water partition coefficient (Wildman–Crippen LogP) is 5.18. The molecule has 0 bridgehead atoms. The number of hydrogen-bond donors (Lipinski definition) is 0. The second kappa shape index (κ2) is 7.01. The van der Waals surface area contributed by atoms with Crippen LogP contribution in [0.15, 0.2) is 58.5 Å². The van der Waals surface area contributed by atoms with E-state index in [1.807, 2.05) is 22.8 Å². The Morgan fingerprint density at radius 3 is 2.88 bits per heavy atom. The van der Waals surface area contributed by atoms with Crippen LogP contribution in [-0.4, -0.2) is 10.5 Å². The molecule has 122 valence electrons. The molecule has 24 heavy (non-hydrogen) atoms. The van der Waals surface area contributed by atoms with Gasteiger partial charge in [0.25, 0.3) is 5.91 Å². The molecular weight excluding hydrogens is 415 g/mol. The molecule has 0 saturated heterocycles. The molecule has 1 heterocycles. The molecule has 1 aromatic heterocycles. The summed E-state index contributed by atoms with van der Waals surface area (Å²) in [5.41, 5.74) is 1.13. The number of benzene rings is 2. The molecular formula is C17H11BrClFN2OS. The van der Waals surface area contributed by atoms with Gasteiger partial charge in [0.15, 0.2) is 4.80 Å². The number of rotatable bonds is 3. The number of carbonyl (C=O) groups excluding carboxylic acids is 1. The van der Waals surface area contributed by atoms with Gasteiger partial charge < -0.3 is 4.57 Å². The Balaban J connectivity index is 2.16. The van der Waals surface area contributed by atoms with Crippen LogP contribution >= 0.6 is 38.9 Å². The average Bonchev–Trinajstić information content (AvgIpc) is 2.84. The normalized spacial score (nSPS) is 11.9. The molecule has 0 unspecified atom stereocenters. The van der Waals surface area contributed by atoms with E-state index in [-0.39, 0.29) is 10.6 Å². The second-order valence-electron chi connectivity index (χ2n) is 4.94. The van der Waals surface area contributed by atoms with Crippen molar-refractivity contribution in [3.05, 3.63) is 74.7 Å². The Bertz CT molecular complexity index is 1030. The maximum atomic E-state index is 13.1. The molecule has 0 aliphatic rings. The van der Waals surface area contributed by atoms with Crippen molar-refractivity contribution >= 4 is 55.0 Å². The number of amides is 1. The molecule has 3 rings (SSSR count). The fourth-order valence-corrected chi connectivity index (χ4v) is 4.09. The highest BCUT2D eigenvalue weighted by molar-refractivity contribution is 9.10. The van der Waals surface area contributed by atoms with Gasteiger partial charge in [-0.15, -0.1) is 6.58 Å². The zero-order valence-electron chi connectivity index (χ0n) is 12.3. The van der Waals surface area contributed by atoms with Crippen LogP contribution in [0.2, 0.25) is 5.02 Å². The minimum atomic E-state index is -0.511. The van der Waals surface area contributed by atoms with Crippen molar-refractivity contribution in [3.63, 3.8) is 0 Å². The van der Waals surface area contributed by atoms with Crippen molar-refractivity contribution in [2.24, 2.45) is 4.99 Å². The minimum absolute atomic E-state index is 0.0443. The summed E-state index contributed by atoms with van der Waals surface area (Å²) in [5, 5.41) is 0.0443. The van der Waals surface area contributed by atoms with Crippen molar-refractivity contribution in [1.29, 1.82) is 0 Å². The number of thiazole rings is 1. The van der Waals surface area contributed by atoms with E-state index in [0.29, 0.717) is 11.3 Å². The van der Waals surface area contributed by atoms with Crippen LogP contribution in [-0.2, 0) is 6.54 Å². The standard InChI is InChI=1S/C17H11BrClFN2OS/c1-2-7-22-14-6-3-10(18)8-15(14)24-17(22)21-16(23)12-5-4-11(20)9-13(12)19/h2-6,8-9H,1,7H2. The molecule has 2 aromatic carbocycles. The van der Waals surface area contributed by atoms with Gasteiger partial charge in [-0.1, -0.05) is 44.9 Å². The highest BCUT2D eigenvalue weighted by Crippen LogP contribution is 2.23. The van der Waals surface area contributed by atoms with Crippen molar-refractivity contribution in [3.8, 4) is 0 Å². The summed E-state index contributed by atoms with van der Waals surface area (Å²) in [6, 6.07) is 9.47. The SMILES string of the molecule is C=CCn1c(=NC(=O)c2ccc(F)cc2Cl)sc2cc(Br)ccc21. The molecule has 0 atom stereocenters. The molecule has 0 radical (unpaired) electrons. The van der Waals surface area contributed by atoms with Gasteiger partial charge in [-0.2, -0.15) is 4.99 Å². The van der Waals surface area contributed by atoms with E-state index in [4.69, 9.17) is 11.6 Å². The van der Waals surface area contributed by atoms with Crippen molar-refractivity contribution in [2.45, 2.75) is 6.54 Å². The summed E-state index contributed by atoms with van der Waals surface area (Å²) in [4.78, 5) is 17.1. The second-order valence-corrected chi connectivity index (χ2v) is 7.27. The van der Waals surface area contributed by atoms with Crippen LogP contribution in [0.1, 0.15) is 10.4 Å². The topological polar surface area (TPSA) is 34.4 Å². The van der Waals surface area contributed by atoms with E-state index >= 15 is 0 Å². The number of nitrogens with zero attached hydrogens (tertiary/aromatic N) is 2. The Labute approximate surface area is 154 Å². The summed E-state index contributed by atoms with van der Waals surface area (Å²) in [6.45, 7) is 4.27. The van der Waals surface area contributed by atoms with Crippen LogP contribution in [0.25, 0.3) is 10.2 Å². The van der Waals surface area contributed by atoms with Crippen LogP contribution in [0.5, 0.6) is 0 Å². The first-order valence-electron chi connectivity index (χ1n) is 6.93. The highest BCUT2D eigenvalue weighted by Gasteiger charge is 2.12. The van der Waals surface area contributed by atoms with Gasteiger partial charge in [0.05, 0.1) is 20.8 Å². The zero-order valence-corrected chi connectivity index (χ0v) is 15.5. The van der Waals surface area contributed by atoms with Gasteiger partial charge >= 0.3 is 0 Å². The van der Waals surface area contributed by atoms with E-state index in [1.165, 1.54) is 23.5 Å². The largest absolute Gasteiger partial charge is 0.312 e. The van der Waals surface area contributed by atoms with Gasteiger partial charge in [-0.05, 0) is 36.4 Å². The van der Waals surface area contributed by atoms with Crippen LogP contribution in [0.3, 0.4) is 0 Å². The van der Waals surface area contributed by atoms with Gasteiger partial charge in [0.2, 0.25) is 0 Å². The lowest BCUT2D eigenvalue weighted by Gasteiger charge is -2.02. The monoisotopic (exact) mass is 424 g/mol. The zero-order chi connectivity index (χ0) is 17.3. The Morgan fingerprint density at radius 2 is 2.17 bits per heavy atom. The summed E-state index contributed by atoms with van der Waals surface area (Å²) < 4.78 is 17.0. The summed E-state index contributed by atoms with van der Waals surface area (Å²) >= 11 is 10.8. The molecule has 0 aliphatic carbocycles. The first-order chi connectivity index (χ1) is 11.5. The van der Waals surface area contributed by atoms with Gasteiger partial charge in [0, 0.05) is 11.0 Å². The van der Waals surface area contributed by atoms with Crippen LogP contribution < -0.4 is 4.80 Å². The van der Waals surface area contributed by atoms with Gasteiger partial charge in [0.1, 0.15) is 5.82 Å². The lowest BCUT2D eigenvalue weighted by molar-refractivity contribution is 0.0998. The number of fused-ring (bicyclic) bond motifs is 1. The molecule has 0 saturated carbocycles. The number of aromatic nitrogens is 1. The van der Waals surface area contributed by atoms with E-state index in [0.717, 1.165) is 20.8 Å². The Hall–Kier alpha value is -1.76. The molecule has 7 heteroatoms. The summed E-state index contributed by atoms with van der Waals surface area (Å²) in [6.07, 6.45) is 1.74. The molecule has 0 fully saturated rings. The fraction of sp³-hybridized carbons (Fsp3) is 0.0588. The summed E-state index contributed by atoms with van der Waals surface area (Å²) in [5.74, 6) is -1.01. The Kier molecular flexibility index (Phi) is 4.99. The minimum Gasteiger partial charge on any atom is -0.312 e. The molecule has 0 N–H and O–H groups in total. The molecule has 0 aliphatic heterocycles. The smallest absolute Gasteiger partial charge is 0.281 e. The Morgan fingerprint density at radius 1 is 1.38 bits per heavy atom. The van der Waals surface area contributed by atoms with E-state index in [2.05, 4.69) is 27.5 Å². The molecule has 3 nitrogen and oxygen atoms in total. The third kappa shape index (κ3) is 3.36. The van der Waals surface area contributed by atoms with Crippen molar-refractivity contribution in [2.75, 3.05) is 0 Å². The van der Waals surface area contributed by atoms with Crippen molar-refractivity contribution in [1.82, 2.24) is 4.57 Å². The van der Waals surface area contributed by atoms with Gasteiger partial charge in [-0.25, -0.2) is 4.39 Å². The lowest BCUT2D eigenvalue weighted by atomic mass is 10.2. The molecule has 1 amide bonds.